The van der Waals surface area contributed by atoms with E-state index in [2.05, 4.69) is 10.2 Å². The lowest BCUT2D eigenvalue weighted by molar-refractivity contribution is -0.137. The summed E-state index contributed by atoms with van der Waals surface area (Å²) in [6, 6.07) is 8.01. The number of ether oxygens (including phenoxy) is 2. The smallest absolute Gasteiger partial charge is 0.239 e. The van der Waals surface area contributed by atoms with Crippen molar-refractivity contribution in [2.75, 3.05) is 40.3 Å². The number of halogens is 1. The van der Waals surface area contributed by atoms with Crippen LogP contribution in [0.25, 0.3) is 0 Å². The van der Waals surface area contributed by atoms with Gasteiger partial charge in [0.05, 0.1) is 12.6 Å². The minimum absolute atomic E-state index is 0. The summed E-state index contributed by atoms with van der Waals surface area (Å²) in [7, 11) is 3.84. The Morgan fingerprint density at radius 1 is 1.38 bits per heavy atom. The Kier molecular flexibility index (Phi) is 7.55. The van der Waals surface area contributed by atoms with Crippen molar-refractivity contribution in [2.24, 2.45) is 0 Å². The fraction of sp³-hybridized carbons (Fsp3) is 0.632. The fourth-order valence-corrected chi connectivity index (χ4v) is 3.62. The molecule has 146 valence electrons. The summed E-state index contributed by atoms with van der Waals surface area (Å²) in [4.78, 5) is 16.9. The largest absolute Gasteiger partial charge is 0.486 e. The molecule has 1 fully saturated rings. The maximum absolute atomic E-state index is 12.8. The lowest BCUT2D eigenvalue weighted by atomic mass is 10.0. The Labute approximate surface area is 162 Å². The monoisotopic (exact) mass is 383 g/mol. The molecule has 2 aliphatic heterocycles. The number of likely N-dealkylation sites (tertiary alicyclic amines) is 1. The third-order valence-electron chi connectivity index (χ3n) is 5.19. The summed E-state index contributed by atoms with van der Waals surface area (Å²) >= 11 is 0. The number of carbonyl (C=O) groups is 1. The number of piperidine rings is 1. The van der Waals surface area contributed by atoms with Crippen molar-refractivity contribution >= 4 is 18.3 Å². The van der Waals surface area contributed by atoms with Crippen LogP contribution in [-0.2, 0) is 4.79 Å². The van der Waals surface area contributed by atoms with Crippen LogP contribution in [0.4, 0.5) is 0 Å². The second-order valence-corrected chi connectivity index (χ2v) is 7.02. The van der Waals surface area contributed by atoms with Crippen LogP contribution in [0.2, 0.25) is 0 Å². The number of para-hydroxylation sites is 2. The minimum Gasteiger partial charge on any atom is -0.486 e. The van der Waals surface area contributed by atoms with Gasteiger partial charge in [0, 0.05) is 19.6 Å². The lowest BCUT2D eigenvalue weighted by Crippen LogP contribution is -2.54. The molecule has 1 aromatic rings. The second-order valence-electron chi connectivity index (χ2n) is 7.02. The van der Waals surface area contributed by atoms with Gasteiger partial charge in [0.1, 0.15) is 6.61 Å². The summed E-state index contributed by atoms with van der Waals surface area (Å²) in [5.41, 5.74) is 0. The first-order valence-corrected chi connectivity index (χ1v) is 9.13. The first-order chi connectivity index (χ1) is 12.1. The zero-order valence-corrected chi connectivity index (χ0v) is 16.6. The normalized spacial score (nSPS) is 23.7. The van der Waals surface area contributed by atoms with E-state index in [0.29, 0.717) is 19.2 Å². The maximum atomic E-state index is 12.8. The van der Waals surface area contributed by atoms with Crippen LogP contribution in [0.3, 0.4) is 0 Å². The molecule has 3 rings (SSSR count). The highest BCUT2D eigenvalue weighted by Crippen LogP contribution is 2.31. The predicted molar refractivity (Wildman–Crippen MR) is 104 cm³/mol. The number of likely N-dealkylation sites (N-methyl/N-ethyl adjacent to an activating group) is 2. The van der Waals surface area contributed by atoms with Crippen molar-refractivity contribution in [1.29, 1.82) is 0 Å². The molecule has 1 amide bonds. The van der Waals surface area contributed by atoms with Crippen molar-refractivity contribution in [3.63, 3.8) is 0 Å². The number of amides is 1. The van der Waals surface area contributed by atoms with E-state index in [0.717, 1.165) is 31.0 Å². The first kappa shape index (κ1) is 20.8. The maximum Gasteiger partial charge on any atom is 0.239 e. The van der Waals surface area contributed by atoms with Gasteiger partial charge in [0.15, 0.2) is 17.6 Å². The predicted octanol–water partition coefficient (Wildman–Crippen LogP) is 1.78. The zero-order valence-electron chi connectivity index (χ0n) is 15.8. The fourth-order valence-electron chi connectivity index (χ4n) is 3.62. The highest BCUT2D eigenvalue weighted by atomic mass is 35.5. The van der Waals surface area contributed by atoms with E-state index in [-0.39, 0.29) is 30.5 Å². The average molecular weight is 384 g/mol. The van der Waals surface area contributed by atoms with Crippen molar-refractivity contribution in [1.82, 2.24) is 15.1 Å². The Morgan fingerprint density at radius 2 is 2.12 bits per heavy atom. The first-order valence-electron chi connectivity index (χ1n) is 9.13. The molecule has 0 spiro atoms. The van der Waals surface area contributed by atoms with Gasteiger partial charge in [-0.2, -0.15) is 0 Å². The van der Waals surface area contributed by atoms with Crippen LogP contribution < -0.4 is 14.8 Å². The molecule has 3 unspecified atom stereocenters. The summed E-state index contributed by atoms with van der Waals surface area (Å²) in [5.74, 6) is 1.66. The Hall–Kier alpha value is -1.50. The molecule has 2 heterocycles. The van der Waals surface area contributed by atoms with Crippen molar-refractivity contribution in [2.45, 2.75) is 38.0 Å². The molecule has 26 heavy (non-hydrogen) atoms. The molecular weight excluding hydrogens is 354 g/mol. The number of hydrogen-bond donors (Lipinski definition) is 1. The van der Waals surface area contributed by atoms with Crippen LogP contribution in [0.15, 0.2) is 24.3 Å². The highest BCUT2D eigenvalue weighted by molar-refractivity contribution is 5.85. The number of benzene rings is 1. The molecule has 0 aliphatic carbocycles. The summed E-state index contributed by atoms with van der Waals surface area (Å²) in [5, 5.41) is 3.33. The average Bonchev–Trinajstić information content (AvgIpc) is 2.66. The number of hydrogen-bond acceptors (Lipinski definition) is 5. The van der Waals surface area contributed by atoms with E-state index in [1.807, 2.05) is 45.3 Å². The quantitative estimate of drug-likeness (QED) is 0.840. The zero-order chi connectivity index (χ0) is 17.8. The number of rotatable bonds is 5. The molecule has 1 aromatic carbocycles. The molecule has 1 N–H and O–H groups in total. The van der Waals surface area contributed by atoms with Gasteiger partial charge < -0.3 is 19.7 Å². The van der Waals surface area contributed by atoms with Crippen LogP contribution >= 0.6 is 12.4 Å². The minimum atomic E-state index is -0.137. The molecule has 2 aliphatic rings. The highest BCUT2D eigenvalue weighted by Gasteiger charge is 2.30. The van der Waals surface area contributed by atoms with Crippen molar-refractivity contribution in [3.8, 4) is 11.5 Å². The molecule has 3 atom stereocenters. The SMILES string of the molecule is CNC1CCCN(C(C)C(=O)N(C)CC2COc3ccccc3O2)C1.Cl. The number of fused-ring (bicyclic) bond motifs is 1. The van der Waals surface area contributed by atoms with Gasteiger partial charge in [-0.1, -0.05) is 12.1 Å². The van der Waals surface area contributed by atoms with Gasteiger partial charge in [-0.05, 0) is 45.5 Å². The summed E-state index contributed by atoms with van der Waals surface area (Å²) in [6.45, 7) is 4.91. The second kappa shape index (κ2) is 9.44. The molecule has 6 nitrogen and oxygen atoms in total. The topological polar surface area (TPSA) is 54.0 Å². The summed E-state index contributed by atoms with van der Waals surface area (Å²) < 4.78 is 11.7. The molecule has 7 heteroatoms. The van der Waals surface area contributed by atoms with E-state index in [1.54, 1.807) is 4.90 Å². The van der Waals surface area contributed by atoms with E-state index >= 15 is 0 Å². The van der Waals surface area contributed by atoms with E-state index in [4.69, 9.17) is 9.47 Å². The molecule has 0 radical (unpaired) electrons. The van der Waals surface area contributed by atoms with Gasteiger partial charge >= 0.3 is 0 Å². The Morgan fingerprint density at radius 3 is 2.85 bits per heavy atom. The van der Waals surface area contributed by atoms with Gasteiger partial charge in [-0.3, -0.25) is 9.69 Å². The Bertz CT molecular complexity index is 601. The molecular formula is C19H30ClN3O3. The molecule has 0 bridgehead atoms. The standard InChI is InChI=1S/C19H29N3O3.ClH/c1-14(22-10-6-7-15(11-22)20-2)19(23)21(3)12-16-13-24-17-8-4-5-9-18(17)25-16;/h4-5,8-9,14-16,20H,6-7,10-13H2,1-3H3;1H. The molecule has 0 aromatic heterocycles. The van der Waals surface area contributed by atoms with Gasteiger partial charge in [-0.25, -0.2) is 0 Å². The number of nitrogens with zero attached hydrogens (tertiary/aromatic N) is 2. The van der Waals surface area contributed by atoms with Crippen LogP contribution in [0, 0.1) is 0 Å². The van der Waals surface area contributed by atoms with Crippen molar-refractivity contribution < 1.29 is 14.3 Å². The molecule has 0 saturated carbocycles. The van der Waals surface area contributed by atoms with Crippen LogP contribution in [0.5, 0.6) is 11.5 Å². The number of carbonyl (C=O) groups excluding carboxylic acids is 1. The van der Waals surface area contributed by atoms with E-state index in [1.165, 1.54) is 6.42 Å². The van der Waals surface area contributed by atoms with E-state index in [9.17, 15) is 4.79 Å². The third kappa shape index (κ3) is 4.81. The lowest BCUT2D eigenvalue weighted by Gasteiger charge is -2.38. The Balaban J connectivity index is 0.00000243. The van der Waals surface area contributed by atoms with Crippen molar-refractivity contribution in [3.05, 3.63) is 24.3 Å². The summed E-state index contributed by atoms with van der Waals surface area (Å²) in [6.07, 6.45) is 2.17. The van der Waals surface area contributed by atoms with Crippen LogP contribution in [0.1, 0.15) is 19.8 Å². The van der Waals surface area contributed by atoms with Crippen LogP contribution in [-0.4, -0.2) is 74.2 Å². The number of nitrogens with one attached hydrogen (secondary N) is 1. The van der Waals surface area contributed by atoms with E-state index < -0.39 is 0 Å². The molecule has 1 saturated heterocycles. The van der Waals surface area contributed by atoms with Gasteiger partial charge in [-0.15, -0.1) is 12.4 Å². The van der Waals surface area contributed by atoms with Gasteiger partial charge in [0.2, 0.25) is 5.91 Å². The van der Waals surface area contributed by atoms with Gasteiger partial charge in [0.25, 0.3) is 0 Å². The third-order valence-corrected chi connectivity index (χ3v) is 5.19.